The average molecular weight is 460 g/mol. The van der Waals surface area contributed by atoms with Gasteiger partial charge in [0.25, 0.3) is 5.91 Å². The second kappa shape index (κ2) is 10.3. The zero-order chi connectivity index (χ0) is 22.4. The van der Waals surface area contributed by atoms with Gasteiger partial charge in [0, 0.05) is 18.7 Å². The predicted molar refractivity (Wildman–Crippen MR) is 127 cm³/mol. The van der Waals surface area contributed by atoms with Gasteiger partial charge in [-0.1, -0.05) is 55.7 Å². The first-order valence-corrected chi connectivity index (χ1v) is 12.9. The third kappa shape index (κ3) is 5.70. The Morgan fingerprint density at radius 1 is 1.03 bits per heavy atom. The van der Waals surface area contributed by atoms with Gasteiger partial charge in [-0.05, 0) is 50.1 Å². The van der Waals surface area contributed by atoms with Crippen LogP contribution in [0.3, 0.4) is 0 Å². The van der Waals surface area contributed by atoms with Crippen LogP contribution >= 0.6 is 11.3 Å². The fourth-order valence-corrected chi connectivity index (χ4v) is 5.68. The number of sulfonamides is 1. The lowest BCUT2D eigenvalue weighted by molar-refractivity contribution is 0.102. The maximum absolute atomic E-state index is 13.2. The number of fused-ring (bicyclic) bond motifs is 1. The molecule has 1 N–H and O–H groups in total. The number of rotatable bonds is 10. The van der Waals surface area contributed by atoms with Crippen LogP contribution in [-0.4, -0.2) is 36.7 Å². The second-order valence-electron chi connectivity index (χ2n) is 7.58. The quantitative estimate of drug-likeness (QED) is 0.437. The van der Waals surface area contributed by atoms with Gasteiger partial charge in [-0.25, -0.2) is 13.4 Å². The highest BCUT2D eigenvalue weighted by Gasteiger charge is 2.24. The molecule has 0 aliphatic rings. The molecule has 8 heteroatoms. The van der Waals surface area contributed by atoms with Crippen molar-refractivity contribution in [2.75, 3.05) is 18.4 Å². The smallest absolute Gasteiger partial charge is 0.257 e. The molecule has 1 heterocycles. The number of nitrogens with one attached hydrogen (secondary N) is 1. The minimum absolute atomic E-state index is 0.239. The molecule has 3 rings (SSSR count). The number of hydrogen-bond donors (Lipinski definition) is 1. The molecule has 0 unspecified atom stereocenters. The van der Waals surface area contributed by atoms with Crippen molar-refractivity contribution in [1.82, 2.24) is 9.29 Å². The fraction of sp³-hybridized carbons (Fsp3) is 0.391. The van der Waals surface area contributed by atoms with Gasteiger partial charge in [-0.3, -0.25) is 10.1 Å². The summed E-state index contributed by atoms with van der Waals surface area (Å²) in [6.45, 7) is 7.13. The predicted octanol–water partition coefficient (Wildman–Crippen LogP) is 5.45. The van der Waals surface area contributed by atoms with Crippen LogP contribution in [0.2, 0.25) is 0 Å². The van der Waals surface area contributed by atoms with Crippen LogP contribution in [0.5, 0.6) is 0 Å². The number of benzene rings is 2. The Balaban J connectivity index is 1.83. The van der Waals surface area contributed by atoms with Crippen molar-refractivity contribution < 1.29 is 13.2 Å². The lowest BCUT2D eigenvalue weighted by atomic mass is 10.1. The summed E-state index contributed by atoms with van der Waals surface area (Å²) >= 11 is 1.28. The molecule has 2 aromatic carbocycles. The Morgan fingerprint density at radius 2 is 1.68 bits per heavy atom. The molecule has 1 aromatic heterocycles. The van der Waals surface area contributed by atoms with E-state index in [-0.39, 0.29) is 10.8 Å². The monoisotopic (exact) mass is 459 g/mol. The summed E-state index contributed by atoms with van der Waals surface area (Å²) in [6.07, 6.45) is 3.55. The molecular formula is C23H29N3O3S2. The number of nitrogens with zero attached hydrogens (tertiary/aromatic N) is 2. The molecule has 0 radical (unpaired) electrons. The van der Waals surface area contributed by atoms with Crippen LogP contribution < -0.4 is 5.32 Å². The van der Waals surface area contributed by atoms with Gasteiger partial charge in [0.2, 0.25) is 10.0 Å². The highest BCUT2D eigenvalue weighted by Crippen LogP contribution is 2.29. The Labute approximate surface area is 188 Å². The zero-order valence-corrected chi connectivity index (χ0v) is 19.9. The van der Waals surface area contributed by atoms with Crippen molar-refractivity contribution in [3.05, 3.63) is 53.6 Å². The van der Waals surface area contributed by atoms with Crippen LogP contribution in [0.1, 0.15) is 55.5 Å². The molecule has 0 aliphatic heterocycles. The number of carbonyl (C=O) groups excluding carboxylic acids is 1. The highest BCUT2D eigenvalue weighted by atomic mass is 32.2. The Bertz CT molecular complexity index is 1130. The number of amides is 1. The number of aromatic nitrogens is 1. The molecule has 31 heavy (non-hydrogen) atoms. The van der Waals surface area contributed by atoms with E-state index in [1.165, 1.54) is 11.3 Å². The van der Waals surface area contributed by atoms with Crippen molar-refractivity contribution in [2.45, 2.75) is 51.3 Å². The average Bonchev–Trinajstić information content (AvgIpc) is 3.15. The largest absolute Gasteiger partial charge is 0.298 e. The fourth-order valence-electron chi connectivity index (χ4n) is 3.16. The maximum atomic E-state index is 13.2. The van der Waals surface area contributed by atoms with Crippen LogP contribution in [0.15, 0.2) is 47.4 Å². The minimum atomic E-state index is -3.57. The number of carbonyl (C=O) groups is 1. The van der Waals surface area contributed by atoms with E-state index in [1.54, 1.807) is 34.6 Å². The lowest BCUT2D eigenvalue weighted by Crippen LogP contribution is -2.33. The van der Waals surface area contributed by atoms with Crippen LogP contribution in [0.4, 0.5) is 5.13 Å². The molecule has 166 valence electrons. The van der Waals surface area contributed by atoms with E-state index >= 15 is 0 Å². The molecule has 0 fully saturated rings. The summed E-state index contributed by atoms with van der Waals surface area (Å²) in [7, 11) is -3.57. The minimum Gasteiger partial charge on any atom is -0.298 e. The van der Waals surface area contributed by atoms with Crippen LogP contribution in [-0.2, 0) is 10.0 Å². The van der Waals surface area contributed by atoms with Crippen molar-refractivity contribution >= 4 is 42.6 Å². The molecule has 6 nitrogen and oxygen atoms in total. The summed E-state index contributed by atoms with van der Waals surface area (Å²) in [4.78, 5) is 17.2. The lowest BCUT2D eigenvalue weighted by Gasteiger charge is -2.21. The summed E-state index contributed by atoms with van der Waals surface area (Å²) in [6, 6.07) is 12.3. The summed E-state index contributed by atoms with van der Waals surface area (Å²) in [5, 5.41) is 3.26. The summed E-state index contributed by atoms with van der Waals surface area (Å²) in [5.41, 5.74) is 2.30. The SMILES string of the molecule is CCCCN(CCCC)S(=O)(=O)c1ccc2nc(NC(=O)c3ccc(C)cc3)sc2c1. The van der Waals surface area contributed by atoms with Gasteiger partial charge in [0.1, 0.15) is 0 Å². The van der Waals surface area contributed by atoms with E-state index in [1.807, 2.05) is 19.1 Å². The van der Waals surface area contributed by atoms with E-state index < -0.39 is 10.0 Å². The van der Waals surface area contributed by atoms with Crippen molar-refractivity contribution in [3.63, 3.8) is 0 Å². The summed E-state index contributed by atoms with van der Waals surface area (Å²) in [5.74, 6) is -0.239. The first-order chi connectivity index (χ1) is 14.8. The van der Waals surface area contributed by atoms with Crippen molar-refractivity contribution in [2.24, 2.45) is 0 Å². The number of thiazole rings is 1. The molecule has 3 aromatic rings. The molecule has 0 bridgehead atoms. The number of anilines is 1. The van der Waals surface area contributed by atoms with Crippen molar-refractivity contribution in [3.8, 4) is 0 Å². The number of hydrogen-bond acceptors (Lipinski definition) is 5. The van der Waals surface area contributed by atoms with E-state index in [0.29, 0.717) is 29.3 Å². The molecule has 0 saturated heterocycles. The van der Waals surface area contributed by atoms with Gasteiger partial charge >= 0.3 is 0 Å². The Kier molecular flexibility index (Phi) is 7.80. The van der Waals surface area contributed by atoms with Gasteiger partial charge in [0.15, 0.2) is 5.13 Å². The first-order valence-electron chi connectivity index (χ1n) is 10.6. The number of unbranched alkanes of at least 4 members (excludes halogenated alkanes) is 2. The van der Waals surface area contributed by atoms with Gasteiger partial charge in [0.05, 0.1) is 15.1 Å². The van der Waals surface area contributed by atoms with E-state index in [9.17, 15) is 13.2 Å². The standard InChI is InChI=1S/C23H29N3O3S2/c1-4-6-14-26(15-7-5-2)31(28,29)19-12-13-20-21(16-19)30-23(24-20)25-22(27)18-10-8-17(3)9-11-18/h8-13,16H,4-7,14-15H2,1-3H3,(H,24,25,27). The van der Waals surface area contributed by atoms with Gasteiger partial charge in [-0.15, -0.1) is 0 Å². The molecule has 1 amide bonds. The second-order valence-corrected chi connectivity index (χ2v) is 10.5. The van der Waals surface area contributed by atoms with Crippen molar-refractivity contribution in [1.29, 1.82) is 0 Å². The Hall–Kier alpha value is -2.29. The first kappa shape index (κ1) is 23.4. The maximum Gasteiger partial charge on any atom is 0.257 e. The normalized spacial score (nSPS) is 11.9. The van der Waals surface area contributed by atoms with E-state index in [2.05, 4.69) is 24.1 Å². The third-order valence-electron chi connectivity index (χ3n) is 5.05. The third-order valence-corrected chi connectivity index (χ3v) is 7.88. The Morgan fingerprint density at radius 3 is 2.29 bits per heavy atom. The van der Waals surface area contributed by atoms with Crippen LogP contribution in [0, 0.1) is 6.92 Å². The van der Waals surface area contributed by atoms with E-state index in [4.69, 9.17) is 0 Å². The van der Waals surface area contributed by atoms with Gasteiger partial charge in [-0.2, -0.15) is 4.31 Å². The number of aryl methyl sites for hydroxylation is 1. The molecule has 0 spiro atoms. The zero-order valence-electron chi connectivity index (χ0n) is 18.2. The van der Waals surface area contributed by atoms with Gasteiger partial charge < -0.3 is 0 Å². The summed E-state index contributed by atoms with van der Waals surface area (Å²) < 4.78 is 28.8. The topological polar surface area (TPSA) is 79.4 Å². The molecule has 0 atom stereocenters. The molecule has 0 saturated carbocycles. The molecular weight excluding hydrogens is 430 g/mol. The molecule has 0 aliphatic carbocycles. The highest BCUT2D eigenvalue weighted by molar-refractivity contribution is 7.89. The van der Waals surface area contributed by atoms with Crippen LogP contribution in [0.25, 0.3) is 10.2 Å². The van der Waals surface area contributed by atoms with E-state index in [0.717, 1.165) is 35.9 Å².